The van der Waals surface area contributed by atoms with Gasteiger partial charge in [-0.2, -0.15) is 18.3 Å². The Hall–Kier alpha value is -1.89. The van der Waals surface area contributed by atoms with Crippen molar-refractivity contribution in [3.8, 4) is 5.69 Å². The SMILES string of the molecule is CNCc1cncc(-n2cc(C(F)(F)F)cn2)c1. The number of nitrogens with one attached hydrogen (secondary N) is 1. The van der Waals surface area contributed by atoms with Crippen LogP contribution in [0.2, 0.25) is 0 Å². The zero-order chi connectivity index (χ0) is 13.2. The Labute approximate surface area is 101 Å². The molecule has 2 heterocycles. The normalized spacial score (nSPS) is 11.8. The van der Waals surface area contributed by atoms with Gasteiger partial charge in [0.1, 0.15) is 0 Å². The van der Waals surface area contributed by atoms with E-state index in [1.54, 1.807) is 19.3 Å². The lowest BCUT2D eigenvalue weighted by molar-refractivity contribution is -0.137. The van der Waals surface area contributed by atoms with E-state index in [1.165, 1.54) is 6.20 Å². The molecular weight excluding hydrogens is 245 g/mol. The highest BCUT2D eigenvalue weighted by Crippen LogP contribution is 2.29. The Balaban J connectivity index is 2.31. The van der Waals surface area contributed by atoms with Crippen LogP contribution in [0.25, 0.3) is 5.69 Å². The molecule has 0 atom stereocenters. The van der Waals surface area contributed by atoms with Crippen molar-refractivity contribution in [2.24, 2.45) is 0 Å². The molecule has 1 N–H and O–H groups in total. The molecule has 0 bridgehead atoms. The fourth-order valence-electron chi connectivity index (χ4n) is 1.51. The van der Waals surface area contributed by atoms with E-state index >= 15 is 0 Å². The highest BCUT2D eigenvalue weighted by molar-refractivity contribution is 5.32. The van der Waals surface area contributed by atoms with Gasteiger partial charge in [-0.3, -0.25) is 4.98 Å². The third kappa shape index (κ3) is 2.67. The van der Waals surface area contributed by atoms with Gasteiger partial charge in [-0.05, 0) is 18.7 Å². The number of alkyl halides is 3. The number of nitrogens with zero attached hydrogens (tertiary/aromatic N) is 3. The van der Waals surface area contributed by atoms with Gasteiger partial charge in [0.05, 0.1) is 23.6 Å². The van der Waals surface area contributed by atoms with Crippen LogP contribution in [0.3, 0.4) is 0 Å². The number of pyridine rings is 1. The fourth-order valence-corrected chi connectivity index (χ4v) is 1.51. The van der Waals surface area contributed by atoms with Gasteiger partial charge in [0.2, 0.25) is 0 Å². The summed E-state index contributed by atoms with van der Waals surface area (Å²) < 4.78 is 38.5. The van der Waals surface area contributed by atoms with Crippen LogP contribution < -0.4 is 5.32 Å². The summed E-state index contributed by atoms with van der Waals surface area (Å²) >= 11 is 0. The molecule has 2 rings (SSSR count). The quantitative estimate of drug-likeness (QED) is 0.913. The van der Waals surface area contributed by atoms with Crippen LogP contribution >= 0.6 is 0 Å². The largest absolute Gasteiger partial charge is 0.419 e. The molecule has 0 aliphatic heterocycles. The molecule has 2 aromatic heterocycles. The number of halogens is 3. The van der Waals surface area contributed by atoms with Crippen molar-refractivity contribution in [3.63, 3.8) is 0 Å². The molecule has 0 spiro atoms. The van der Waals surface area contributed by atoms with Gasteiger partial charge in [-0.25, -0.2) is 4.68 Å². The number of hydrogen-bond donors (Lipinski definition) is 1. The first kappa shape index (κ1) is 12.6. The molecule has 0 aliphatic rings. The van der Waals surface area contributed by atoms with E-state index in [1.807, 2.05) is 0 Å². The summed E-state index contributed by atoms with van der Waals surface area (Å²) in [5, 5.41) is 6.63. The Morgan fingerprint density at radius 1 is 1.28 bits per heavy atom. The van der Waals surface area contributed by atoms with Crippen molar-refractivity contribution in [2.45, 2.75) is 12.7 Å². The van der Waals surface area contributed by atoms with Crippen LogP contribution in [0, 0.1) is 0 Å². The monoisotopic (exact) mass is 256 g/mol. The van der Waals surface area contributed by atoms with Crippen molar-refractivity contribution in [1.82, 2.24) is 20.1 Å². The van der Waals surface area contributed by atoms with Crippen molar-refractivity contribution in [1.29, 1.82) is 0 Å². The molecule has 0 aromatic carbocycles. The van der Waals surface area contributed by atoms with Gasteiger partial charge in [-0.15, -0.1) is 0 Å². The molecule has 96 valence electrons. The second-order valence-corrected chi connectivity index (χ2v) is 3.75. The molecule has 0 radical (unpaired) electrons. The van der Waals surface area contributed by atoms with Crippen LogP contribution in [0.5, 0.6) is 0 Å². The molecule has 0 aliphatic carbocycles. The molecule has 2 aromatic rings. The van der Waals surface area contributed by atoms with E-state index in [-0.39, 0.29) is 0 Å². The van der Waals surface area contributed by atoms with Gasteiger partial charge in [-0.1, -0.05) is 0 Å². The second kappa shape index (κ2) is 4.77. The van der Waals surface area contributed by atoms with E-state index < -0.39 is 11.7 Å². The summed E-state index contributed by atoms with van der Waals surface area (Å²) in [6, 6.07) is 1.73. The van der Waals surface area contributed by atoms with E-state index in [0.29, 0.717) is 12.2 Å². The van der Waals surface area contributed by atoms with Crippen molar-refractivity contribution < 1.29 is 13.2 Å². The third-order valence-electron chi connectivity index (χ3n) is 2.34. The third-order valence-corrected chi connectivity index (χ3v) is 2.34. The maximum absolute atomic E-state index is 12.4. The maximum atomic E-state index is 12.4. The predicted molar refractivity (Wildman–Crippen MR) is 59.1 cm³/mol. The van der Waals surface area contributed by atoms with Gasteiger partial charge in [0, 0.05) is 18.9 Å². The molecule has 0 unspecified atom stereocenters. The van der Waals surface area contributed by atoms with E-state index in [9.17, 15) is 13.2 Å². The number of hydrogen-bond acceptors (Lipinski definition) is 3. The summed E-state index contributed by atoms with van der Waals surface area (Å²) in [6.07, 6.45) is 0.472. The average molecular weight is 256 g/mol. The lowest BCUT2D eigenvalue weighted by Crippen LogP contribution is -2.06. The minimum Gasteiger partial charge on any atom is -0.316 e. The Kier molecular flexibility index (Phi) is 3.33. The first-order valence-corrected chi connectivity index (χ1v) is 5.21. The summed E-state index contributed by atoms with van der Waals surface area (Å²) in [6.45, 7) is 0.592. The van der Waals surface area contributed by atoms with Crippen molar-refractivity contribution >= 4 is 0 Å². The Morgan fingerprint density at radius 3 is 2.67 bits per heavy atom. The summed E-state index contributed by atoms with van der Waals surface area (Å²) in [7, 11) is 1.78. The van der Waals surface area contributed by atoms with Gasteiger partial charge >= 0.3 is 6.18 Å². The second-order valence-electron chi connectivity index (χ2n) is 3.75. The van der Waals surface area contributed by atoms with Gasteiger partial charge in [0.15, 0.2) is 0 Å². The highest BCUT2D eigenvalue weighted by Gasteiger charge is 2.32. The van der Waals surface area contributed by atoms with Crippen LogP contribution in [-0.2, 0) is 12.7 Å². The van der Waals surface area contributed by atoms with Crippen LogP contribution in [0.15, 0.2) is 30.9 Å². The fraction of sp³-hybridized carbons (Fsp3) is 0.273. The lowest BCUT2D eigenvalue weighted by Gasteiger charge is -2.04. The Bertz CT molecular complexity index is 533. The number of aromatic nitrogens is 3. The predicted octanol–water partition coefficient (Wildman–Crippen LogP) is 2.01. The molecule has 0 saturated heterocycles. The first-order chi connectivity index (χ1) is 8.50. The molecule has 18 heavy (non-hydrogen) atoms. The van der Waals surface area contributed by atoms with E-state index in [0.717, 1.165) is 22.6 Å². The lowest BCUT2D eigenvalue weighted by atomic mass is 10.2. The van der Waals surface area contributed by atoms with Crippen molar-refractivity contribution in [2.75, 3.05) is 7.05 Å². The molecule has 0 saturated carbocycles. The first-order valence-electron chi connectivity index (χ1n) is 5.21. The molecular formula is C11H11F3N4. The topological polar surface area (TPSA) is 42.7 Å². The van der Waals surface area contributed by atoms with Crippen LogP contribution in [0.4, 0.5) is 13.2 Å². The summed E-state index contributed by atoms with van der Waals surface area (Å²) in [4.78, 5) is 3.97. The van der Waals surface area contributed by atoms with Gasteiger partial charge < -0.3 is 5.32 Å². The zero-order valence-corrected chi connectivity index (χ0v) is 9.57. The Morgan fingerprint density at radius 2 is 2.06 bits per heavy atom. The average Bonchev–Trinajstić information content (AvgIpc) is 2.78. The van der Waals surface area contributed by atoms with E-state index in [2.05, 4.69) is 15.4 Å². The summed E-state index contributed by atoms with van der Waals surface area (Å²) in [5.41, 5.74) is 0.596. The van der Waals surface area contributed by atoms with Crippen LogP contribution in [0.1, 0.15) is 11.1 Å². The van der Waals surface area contributed by atoms with E-state index in [4.69, 9.17) is 0 Å². The molecule has 7 heteroatoms. The van der Waals surface area contributed by atoms with Gasteiger partial charge in [0.25, 0.3) is 0 Å². The number of rotatable bonds is 3. The molecule has 4 nitrogen and oxygen atoms in total. The minimum atomic E-state index is -4.38. The molecule has 0 amide bonds. The highest BCUT2D eigenvalue weighted by atomic mass is 19.4. The summed E-state index contributed by atoms with van der Waals surface area (Å²) in [5.74, 6) is 0. The van der Waals surface area contributed by atoms with Crippen LogP contribution in [-0.4, -0.2) is 21.8 Å². The minimum absolute atomic E-state index is 0.498. The zero-order valence-electron chi connectivity index (χ0n) is 9.57. The standard InChI is InChI=1S/C11H11F3N4/c1-15-3-8-2-10(6-16-4-8)18-7-9(5-17-18)11(12,13)14/h2,4-7,15H,3H2,1H3. The maximum Gasteiger partial charge on any atom is 0.419 e. The smallest absolute Gasteiger partial charge is 0.316 e. The molecule has 0 fully saturated rings. The van der Waals surface area contributed by atoms with Crippen molar-refractivity contribution in [3.05, 3.63) is 42.0 Å².